The lowest BCUT2D eigenvalue weighted by Crippen LogP contribution is -2.36. The molecule has 3 aromatic rings. The molecule has 4 rings (SSSR count). The van der Waals surface area contributed by atoms with Crippen molar-refractivity contribution in [2.24, 2.45) is 0 Å². The lowest BCUT2D eigenvalue weighted by molar-refractivity contribution is 0.0829. The largest absolute Gasteiger partial charge is 0.347 e. The predicted molar refractivity (Wildman–Crippen MR) is 115 cm³/mol. The van der Waals surface area contributed by atoms with E-state index < -0.39 is 17.8 Å². The van der Waals surface area contributed by atoms with Crippen molar-refractivity contribution >= 4 is 34.3 Å². The Bertz CT molecular complexity index is 1130. The first-order valence-electron chi connectivity index (χ1n) is 9.62. The Labute approximate surface area is 182 Å². The molecule has 0 bridgehead atoms. The Kier molecular flexibility index (Phi) is 5.77. The summed E-state index contributed by atoms with van der Waals surface area (Å²) in [6.45, 7) is 2.54. The van der Waals surface area contributed by atoms with Crippen LogP contribution in [0.1, 0.15) is 31.3 Å². The smallest absolute Gasteiger partial charge is 0.333 e. The van der Waals surface area contributed by atoms with Crippen LogP contribution in [0.3, 0.4) is 0 Å². The molecule has 1 saturated heterocycles. The average Bonchev–Trinajstić information content (AvgIpc) is 3.35. The van der Waals surface area contributed by atoms with Crippen LogP contribution in [0.25, 0.3) is 0 Å². The van der Waals surface area contributed by atoms with Crippen molar-refractivity contribution in [3.63, 3.8) is 0 Å². The lowest BCUT2D eigenvalue weighted by atomic mass is 10.2. The fourth-order valence-electron chi connectivity index (χ4n) is 3.22. The summed E-state index contributed by atoms with van der Waals surface area (Å²) in [6.07, 6.45) is 0. The molecule has 2 aromatic carbocycles. The second kappa shape index (κ2) is 8.65. The highest BCUT2D eigenvalue weighted by molar-refractivity contribution is 7.17. The van der Waals surface area contributed by atoms with E-state index in [0.29, 0.717) is 22.2 Å². The molecule has 158 valence electrons. The first kappa shape index (κ1) is 20.7. The standard InChI is InChI=1S/C22H19FN4O3S/c1-14-18(19(28)24-13-15-5-3-2-4-6-15)31-21(25-14)27-12-11-26(22(27)30)20(29)16-7-9-17(23)10-8-16/h2-10H,11-13H2,1H3,(H,24,28). The summed E-state index contributed by atoms with van der Waals surface area (Å²) >= 11 is 1.11. The number of hydrogen-bond acceptors (Lipinski definition) is 5. The summed E-state index contributed by atoms with van der Waals surface area (Å²) in [5.41, 5.74) is 1.72. The third-order valence-electron chi connectivity index (χ3n) is 4.86. The van der Waals surface area contributed by atoms with Crippen LogP contribution in [-0.2, 0) is 6.54 Å². The van der Waals surface area contributed by atoms with Gasteiger partial charge in [-0.2, -0.15) is 0 Å². The molecule has 1 fully saturated rings. The SMILES string of the molecule is Cc1nc(N2CCN(C(=O)c3ccc(F)cc3)C2=O)sc1C(=O)NCc1ccccc1. The third-order valence-corrected chi connectivity index (χ3v) is 6.04. The van der Waals surface area contributed by atoms with Crippen molar-refractivity contribution < 1.29 is 18.8 Å². The molecular weight excluding hydrogens is 419 g/mol. The maximum absolute atomic E-state index is 13.1. The third kappa shape index (κ3) is 4.31. The van der Waals surface area contributed by atoms with Gasteiger partial charge in [0.05, 0.1) is 5.69 Å². The number of rotatable bonds is 5. The fourth-order valence-corrected chi connectivity index (χ4v) is 4.22. The number of anilines is 1. The second-order valence-electron chi connectivity index (χ2n) is 6.98. The normalized spacial score (nSPS) is 13.5. The van der Waals surface area contributed by atoms with Crippen LogP contribution < -0.4 is 10.2 Å². The van der Waals surface area contributed by atoms with Crippen LogP contribution in [0.5, 0.6) is 0 Å². The first-order valence-corrected chi connectivity index (χ1v) is 10.4. The minimum atomic E-state index is -0.515. The van der Waals surface area contributed by atoms with E-state index in [9.17, 15) is 18.8 Å². The fraction of sp³-hybridized carbons (Fsp3) is 0.182. The molecule has 9 heteroatoms. The zero-order valence-electron chi connectivity index (χ0n) is 16.7. The molecule has 0 spiro atoms. The minimum absolute atomic E-state index is 0.184. The highest BCUT2D eigenvalue weighted by Gasteiger charge is 2.36. The van der Waals surface area contributed by atoms with Gasteiger partial charge in [-0.1, -0.05) is 41.7 Å². The number of amides is 4. The molecule has 0 aliphatic carbocycles. The number of thiazole rings is 1. The second-order valence-corrected chi connectivity index (χ2v) is 7.95. The predicted octanol–water partition coefficient (Wildman–Crippen LogP) is 3.60. The lowest BCUT2D eigenvalue weighted by Gasteiger charge is -2.15. The van der Waals surface area contributed by atoms with E-state index in [1.54, 1.807) is 6.92 Å². The summed E-state index contributed by atoms with van der Waals surface area (Å²) < 4.78 is 13.1. The molecule has 1 aromatic heterocycles. The quantitative estimate of drug-likeness (QED) is 0.660. The average molecular weight is 438 g/mol. The number of urea groups is 1. The molecule has 4 amide bonds. The number of carbonyl (C=O) groups is 3. The molecule has 0 atom stereocenters. The van der Waals surface area contributed by atoms with Gasteiger partial charge in [-0.05, 0) is 36.8 Å². The number of halogens is 1. The highest BCUT2D eigenvalue weighted by atomic mass is 32.1. The summed E-state index contributed by atoms with van der Waals surface area (Å²) in [5, 5.41) is 3.22. The van der Waals surface area contributed by atoms with Gasteiger partial charge in [-0.3, -0.25) is 19.4 Å². The van der Waals surface area contributed by atoms with Gasteiger partial charge in [0.15, 0.2) is 5.13 Å². The molecule has 1 aliphatic rings. The van der Waals surface area contributed by atoms with Crippen molar-refractivity contribution in [2.45, 2.75) is 13.5 Å². The zero-order valence-corrected chi connectivity index (χ0v) is 17.5. The first-order chi connectivity index (χ1) is 14.9. The summed E-state index contributed by atoms with van der Waals surface area (Å²) in [4.78, 5) is 45.3. The Morgan fingerprint density at radius 2 is 1.81 bits per heavy atom. The van der Waals surface area contributed by atoms with Crippen LogP contribution in [0, 0.1) is 12.7 Å². The van der Waals surface area contributed by atoms with Crippen LogP contribution in [0.2, 0.25) is 0 Å². The van der Waals surface area contributed by atoms with Gasteiger partial charge in [0, 0.05) is 25.2 Å². The number of nitrogens with zero attached hydrogens (tertiary/aromatic N) is 3. The van der Waals surface area contributed by atoms with Crippen molar-refractivity contribution in [3.05, 3.63) is 82.1 Å². The number of nitrogens with one attached hydrogen (secondary N) is 1. The van der Waals surface area contributed by atoms with E-state index in [2.05, 4.69) is 10.3 Å². The van der Waals surface area contributed by atoms with Crippen molar-refractivity contribution in [3.8, 4) is 0 Å². The summed E-state index contributed by atoms with van der Waals surface area (Å²) in [5.74, 6) is -1.22. The van der Waals surface area contributed by atoms with E-state index in [-0.39, 0.29) is 24.6 Å². The van der Waals surface area contributed by atoms with Crippen molar-refractivity contribution in [1.82, 2.24) is 15.2 Å². The highest BCUT2D eigenvalue weighted by Crippen LogP contribution is 2.29. The van der Waals surface area contributed by atoms with E-state index in [0.717, 1.165) is 21.8 Å². The molecule has 0 radical (unpaired) electrons. The van der Waals surface area contributed by atoms with Crippen molar-refractivity contribution in [1.29, 1.82) is 0 Å². The van der Waals surface area contributed by atoms with Crippen LogP contribution in [0.15, 0.2) is 54.6 Å². The maximum atomic E-state index is 13.1. The van der Waals surface area contributed by atoms with Crippen LogP contribution >= 0.6 is 11.3 Å². The Hall–Kier alpha value is -3.59. The number of aryl methyl sites for hydroxylation is 1. The summed E-state index contributed by atoms with van der Waals surface area (Å²) in [6, 6.07) is 14.1. The Morgan fingerprint density at radius 1 is 1.10 bits per heavy atom. The van der Waals surface area contributed by atoms with Gasteiger partial charge < -0.3 is 5.32 Å². The number of imide groups is 1. The van der Waals surface area contributed by atoms with E-state index in [1.807, 2.05) is 30.3 Å². The molecule has 31 heavy (non-hydrogen) atoms. The van der Waals surface area contributed by atoms with Gasteiger partial charge in [0.1, 0.15) is 10.7 Å². The van der Waals surface area contributed by atoms with Crippen LogP contribution in [-0.4, -0.2) is 40.8 Å². The minimum Gasteiger partial charge on any atom is -0.347 e. The number of benzene rings is 2. The molecule has 7 nitrogen and oxygen atoms in total. The van der Waals surface area contributed by atoms with Gasteiger partial charge in [-0.25, -0.2) is 14.2 Å². The Balaban J connectivity index is 1.45. The molecule has 1 aliphatic heterocycles. The van der Waals surface area contributed by atoms with Crippen molar-refractivity contribution in [2.75, 3.05) is 18.0 Å². The molecular formula is C22H19FN4O3S. The van der Waals surface area contributed by atoms with E-state index in [1.165, 1.54) is 29.2 Å². The monoisotopic (exact) mass is 438 g/mol. The van der Waals surface area contributed by atoms with Gasteiger partial charge in [-0.15, -0.1) is 0 Å². The summed E-state index contributed by atoms with van der Waals surface area (Å²) in [7, 11) is 0. The van der Waals surface area contributed by atoms with E-state index >= 15 is 0 Å². The molecule has 1 N–H and O–H groups in total. The number of hydrogen-bond donors (Lipinski definition) is 1. The van der Waals surface area contributed by atoms with Gasteiger partial charge in [0.2, 0.25) is 0 Å². The molecule has 2 heterocycles. The molecule has 0 saturated carbocycles. The maximum Gasteiger partial charge on any atom is 0.333 e. The van der Waals surface area contributed by atoms with Gasteiger partial charge in [0.25, 0.3) is 11.8 Å². The van der Waals surface area contributed by atoms with Crippen LogP contribution in [0.4, 0.5) is 14.3 Å². The topological polar surface area (TPSA) is 82.6 Å². The Morgan fingerprint density at radius 3 is 2.52 bits per heavy atom. The van der Waals surface area contributed by atoms with Gasteiger partial charge >= 0.3 is 6.03 Å². The zero-order chi connectivity index (χ0) is 22.0. The number of carbonyl (C=O) groups excluding carboxylic acids is 3. The van der Waals surface area contributed by atoms with E-state index in [4.69, 9.17) is 0 Å². The molecule has 0 unspecified atom stereocenters. The number of aromatic nitrogens is 1.